The number of carbonyl (C=O) groups excluding carboxylic acids is 1. The number of hydrogen-bond donors (Lipinski definition) is 1. The molecule has 0 aliphatic carbocycles. The fourth-order valence-electron chi connectivity index (χ4n) is 2.32. The van der Waals surface area contributed by atoms with Gasteiger partial charge in [0.1, 0.15) is 11.9 Å². The molecule has 2 heterocycles. The van der Waals surface area contributed by atoms with Crippen LogP contribution in [0.5, 0.6) is 0 Å². The normalized spacial score (nSPS) is 16.6. The lowest BCUT2D eigenvalue weighted by Crippen LogP contribution is -2.44. The summed E-state index contributed by atoms with van der Waals surface area (Å²) in [6.07, 6.45) is 5.14. The van der Waals surface area contributed by atoms with E-state index in [9.17, 15) is 4.79 Å². The van der Waals surface area contributed by atoms with Gasteiger partial charge in [0, 0.05) is 33.4 Å². The number of likely N-dealkylation sites (tertiary alicyclic amines) is 1. The average molecular weight is 277 g/mol. The molecule has 1 aliphatic rings. The van der Waals surface area contributed by atoms with E-state index in [0.29, 0.717) is 11.8 Å². The van der Waals surface area contributed by atoms with E-state index in [0.717, 1.165) is 25.9 Å². The van der Waals surface area contributed by atoms with Crippen molar-refractivity contribution >= 4 is 17.7 Å². The minimum Gasteiger partial charge on any atom is -0.358 e. The van der Waals surface area contributed by atoms with E-state index >= 15 is 0 Å². The highest BCUT2D eigenvalue weighted by Crippen LogP contribution is 2.13. The molecule has 2 rings (SSSR count). The number of nitrogens with one attached hydrogen (secondary N) is 1. The summed E-state index contributed by atoms with van der Waals surface area (Å²) in [6.45, 7) is 3.63. The number of nitrogens with zero attached hydrogens (tertiary/aromatic N) is 4. The highest BCUT2D eigenvalue weighted by Gasteiger charge is 2.22. The van der Waals surface area contributed by atoms with Crippen molar-refractivity contribution in [2.45, 2.75) is 32.2 Å². The van der Waals surface area contributed by atoms with Crippen molar-refractivity contribution in [3.63, 3.8) is 0 Å². The summed E-state index contributed by atoms with van der Waals surface area (Å²) in [5, 5.41) is 3.17. The monoisotopic (exact) mass is 277 g/mol. The Bertz CT molecular complexity index is 457. The van der Waals surface area contributed by atoms with E-state index in [1.165, 1.54) is 6.42 Å². The lowest BCUT2D eigenvalue weighted by molar-refractivity contribution is -0.132. The smallest absolute Gasteiger partial charge is 0.244 e. The molecule has 20 heavy (non-hydrogen) atoms. The predicted molar refractivity (Wildman–Crippen MR) is 79.9 cm³/mol. The molecule has 0 spiro atoms. The second kappa shape index (κ2) is 6.54. The third-order valence-electron chi connectivity index (χ3n) is 3.45. The van der Waals surface area contributed by atoms with Gasteiger partial charge in [-0.25, -0.2) is 4.98 Å². The van der Waals surface area contributed by atoms with Crippen molar-refractivity contribution in [1.82, 2.24) is 14.9 Å². The molecule has 1 N–H and O–H groups in total. The standard InChI is InChI=1S/C14H23N5O/c1-11(13(20)19-9-5-4-6-10-19)16-12-7-8-15-14(17-12)18(2)3/h7-8,11H,4-6,9-10H2,1-3H3,(H,15,16,17). The summed E-state index contributed by atoms with van der Waals surface area (Å²) in [6, 6.07) is 1.52. The Labute approximate surface area is 120 Å². The number of carbonyl (C=O) groups is 1. The Kier molecular flexibility index (Phi) is 4.76. The largest absolute Gasteiger partial charge is 0.358 e. The molecule has 1 saturated heterocycles. The van der Waals surface area contributed by atoms with E-state index in [1.54, 1.807) is 12.3 Å². The highest BCUT2D eigenvalue weighted by atomic mass is 16.2. The van der Waals surface area contributed by atoms with Crippen molar-refractivity contribution in [3.05, 3.63) is 12.3 Å². The van der Waals surface area contributed by atoms with Crippen LogP contribution in [-0.4, -0.2) is 54.0 Å². The Balaban J connectivity index is 1.97. The molecule has 0 aromatic carbocycles. The van der Waals surface area contributed by atoms with Crippen molar-refractivity contribution in [2.24, 2.45) is 0 Å². The van der Waals surface area contributed by atoms with Crippen LogP contribution >= 0.6 is 0 Å². The van der Waals surface area contributed by atoms with Crippen LogP contribution in [0.1, 0.15) is 26.2 Å². The van der Waals surface area contributed by atoms with Crippen molar-refractivity contribution in [3.8, 4) is 0 Å². The fourth-order valence-corrected chi connectivity index (χ4v) is 2.32. The maximum absolute atomic E-state index is 12.3. The second-order valence-corrected chi connectivity index (χ2v) is 5.39. The third kappa shape index (κ3) is 3.59. The molecular weight excluding hydrogens is 254 g/mol. The first-order valence-electron chi connectivity index (χ1n) is 7.13. The van der Waals surface area contributed by atoms with Crippen molar-refractivity contribution in [1.29, 1.82) is 0 Å². The zero-order valence-electron chi connectivity index (χ0n) is 12.5. The van der Waals surface area contributed by atoms with E-state index in [1.807, 2.05) is 30.8 Å². The summed E-state index contributed by atoms with van der Waals surface area (Å²) in [5.41, 5.74) is 0. The van der Waals surface area contributed by atoms with Gasteiger partial charge in [-0.1, -0.05) is 0 Å². The topological polar surface area (TPSA) is 61.4 Å². The Hall–Kier alpha value is -1.85. The van der Waals surface area contributed by atoms with Crippen LogP contribution < -0.4 is 10.2 Å². The predicted octanol–water partition coefficient (Wildman–Crippen LogP) is 1.36. The molecule has 0 bridgehead atoms. The van der Waals surface area contributed by atoms with Crippen LogP contribution in [0.25, 0.3) is 0 Å². The second-order valence-electron chi connectivity index (χ2n) is 5.39. The molecule has 1 aromatic heterocycles. The van der Waals surface area contributed by atoms with Crippen LogP contribution in [0.2, 0.25) is 0 Å². The Morgan fingerprint density at radius 3 is 2.70 bits per heavy atom. The minimum absolute atomic E-state index is 0.148. The van der Waals surface area contributed by atoms with E-state index < -0.39 is 0 Å². The SMILES string of the molecule is CC(Nc1ccnc(N(C)C)n1)C(=O)N1CCCCC1. The average Bonchev–Trinajstić information content (AvgIpc) is 2.47. The van der Waals surface area contributed by atoms with Crippen LogP contribution in [0, 0.1) is 0 Å². The molecule has 6 heteroatoms. The first-order valence-corrected chi connectivity index (χ1v) is 7.13. The molecule has 0 saturated carbocycles. The van der Waals surface area contributed by atoms with Gasteiger partial charge in [-0.2, -0.15) is 4.98 Å². The van der Waals surface area contributed by atoms with Gasteiger partial charge < -0.3 is 15.1 Å². The fraction of sp³-hybridized carbons (Fsp3) is 0.643. The van der Waals surface area contributed by atoms with Crippen LogP contribution in [0.15, 0.2) is 12.3 Å². The summed E-state index contributed by atoms with van der Waals surface area (Å²) >= 11 is 0. The molecule has 0 radical (unpaired) electrons. The molecule has 1 aromatic rings. The van der Waals surface area contributed by atoms with Gasteiger partial charge in [0.05, 0.1) is 0 Å². The zero-order chi connectivity index (χ0) is 14.5. The summed E-state index contributed by atoms with van der Waals surface area (Å²) in [7, 11) is 3.78. The molecule has 1 aliphatic heterocycles. The lowest BCUT2D eigenvalue weighted by Gasteiger charge is -2.29. The third-order valence-corrected chi connectivity index (χ3v) is 3.45. The van der Waals surface area contributed by atoms with Gasteiger partial charge in [-0.05, 0) is 32.3 Å². The Morgan fingerprint density at radius 1 is 1.35 bits per heavy atom. The molecule has 110 valence electrons. The number of hydrogen-bond acceptors (Lipinski definition) is 5. The minimum atomic E-state index is -0.266. The van der Waals surface area contributed by atoms with Crippen molar-refractivity contribution in [2.75, 3.05) is 37.4 Å². The number of anilines is 2. The van der Waals surface area contributed by atoms with Gasteiger partial charge in [0.2, 0.25) is 11.9 Å². The zero-order valence-corrected chi connectivity index (χ0v) is 12.5. The molecule has 1 atom stereocenters. The number of rotatable bonds is 4. The van der Waals surface area contributed by atoms with Gasteiger partial charge in [-0.3, -0.25) is 4.79 Å². The molecule has 1 unspecified atom stereocenters. The van der Waals surface area contributed by atoms with Gasteiger partial charge in [0.15, 0.2) is 0 Å². The molecular formula is C14H23N5O. The van der Waals surface area contributed by atoms with E-state index in [-0.39, 0.29) is 11.9 Å². The lowest BCUT2D eigenvalue weighted by atomic mass is 10.1. The molecule has 6 nitrogen and oxygen atoms in total. The van der Waals surface area contributed by atoms with Gasteiger partial charge >= 0.3 is 0 Å². The van der Waals surface area contributed by atoms with Gasteiger partial charge in [0.25, 0.3) is 0 Å². The first-order chi connectivity index (χ1) is 9.58. The summed E-state index contributed by atoms with van der Waals surface area (Å²) < 4.78 is 0. The van der Waals surface area contributed by atoms with Crippen LogP contribution in [-0.2, 0) is 4.79 Å². The summed E-state index contributed by atoms with van der Waals surface area (Å²) in [4.78, 5) is 24.6. The van der Waals surface area contributed by atoms with Crippen LogP contribution in [0.4, 0.5) is 11.8 Å². The number of amides is 1. The van der Waals surface area contributed by atoms with Gasteiger partial charge in [-0.15, -0.1) is 0 Å². The Morgan fingerprint density at radius 2 is 2.05 bits per heavy atom. The van der Waals surface area contributed by atoms with E-state index in [2.05, 4.69) is 15.3 Å². The number of aromatic nitrogens is 2. The van der Waals surface area contributed by atoms with Crippen LogP contribution in [0.3, 0.4) is 0 Å². The maximum Gasteiger partial charge on any atom is 0.244 e. The van der Waals surface area contributed by atoms with E-state index in [4.69, 9.17) is 0 Å². The molecule has 1 fully saturated rings. The maximum atomic E-state index is 12.3. The molecule has 1 amide bonds. The number of piperidine rings is 1. The van der Waals surface area contributed by atoms with Crippen molar-refractivity contribution < 1.29 is 4.79 Å². The summed E-state index contributed by atoms with van der Waals surface area (Å²) in [5.74, 6) is 1.46. The first kappa shape index (κ1) is 14.6. The quantitative estimate of drug-likeness (QED) is 0.900. The highest BCUT2D eigenvalue weighted by molar-refractivity contribution is 5.84.